The number of nitrogens with one attached hydrogen (secondary N) is 6. The number of carboxylic acids is 1. The molecule has 3 rings (SSSR count). The summed E-state index contributed by atoms with van der Waals surface area (Å²) in [5.41, 5.74) is 11.3. The molecule has 1 saturated heterocycles. The molecule has 1 aliphatic heterocycles. The molecule has 0 aliphatic carbocycles. The van der Waals surface area contributed by atoms with E-state index < -0.39 is 84.4 Å². The minimum Gasteiger partial charge on any atom is -0.481 e. The quantitative estimate of drug-likeness (QED) is 0.0849. The normalized spacial score (nSPS) is 21.9. The van der Waals surface area contributed by atoms with Gasteiger partial charge in [-0.15, -0.1) is 0 Å². The fourth-order valence-electron chi connectivity index (χ4n) is 4.79. The van der Waals surface area contributed by atoms with Gasteiger partial charge in [-0.05, 0) is 30.4 Å². The first kappa shape index (κ1) is 34.3. The molecule has 0 bridgehead atoms. The maximum absolute atomic E-state index is 14.3. The molecule has 1 aromatic carbocycles. The van der Waals surface area contributed by atoms with Crippen LogP contribution in [0.4, 0.5) is 4.39 Å². The second-order valence-corrected chi connectivity index (χ2v) is 10.9. The van der Waals surface area contributed by atoms with Crippen molar-refractivity contribution < 1.29 is 38.3 Å². The Bertz CT molecular complexity index is 1470. The van der Waals surface area contributed by atoms with E-state index in [1.807, 2.05) is 0 Å². The van der Waals surface area contributed by atoms with Gasteiger partial charge in [0.2, 0.25) is 29.5 Å². The number of para-hydroxylation sites is 1. The van der Waals surface area contributed by atoms with Crippen LogP contribution < -0.4 is 38.1 Å². The van der Waals surface area contributed by atoms with E-state index in [0.717, 1.165) is 0 Å². The molecule has 4 atom stereocenters. The van der Waals surface area contributed by atoms with Crippen LogP contribution in [0.2, 0.25) is 0 Å². The van der Waals surface area contributed by atoms with Gasteiger partial charge in [0, 0.05) is 24.5 Å². The van der Waals surface area contributed by atoms with E-state index in [4.69, 9.17) is 11.5 Å². The van der Waals surface area contributed by atoms with Gasteiger partial charge in [-0.25, -0.2) is 4.39 Å². The van der Waals surface area contributed by atoms with Crippen molar-refractivity contribution in [3.8, 4) is 0 Å². The number of nitrogens with two attached hydrogens (primary N) is 2. The zero-order chi connectivity index (χ0) is 33.3. The number of carbonyl (C=O) groups is 6. The number of aliphatic imine (C=N–C) groups is 1. The average molecular weight is 632 g/mol. The van der Waals surface area contributed by atoms with Crippen LogP contribution in [0.1, 0.15) is 38.7 Å². The zero-order valence-corrected chi connectivity index (χ0v) is 24.8. The molecule has 2 heterocycles. The lowest BCUT2D eigenvalue weighted by Gasteiger charge is -2.27. The van der Waals surface area contributed by atoms with Gasteiger partial charge in [-0.3, -0.25) is 33.8 Å². The molecule has 244 valence electrons. The minimum absolute atomic E-state index is 0.0656. The zero-order valence-electron chi connectivity index (χ0n) is 24.8. The highest BCUT2D eigenvalue weighted by Gasteiger charge is 2.34. The van der Waals surface area contributed by atoms with Crippen molar-refractivity contribution in [1.29, 1.82) is 0 Å². The highest BCUT2D eigenvalue weighted by molar-refractivity contribution is 5.98. The summed E-state index contributed by atoms with van der Waals surface area (Å²) in [6, 6.07) is -0.999. The van der Waals surface area contributed by atoms with Crippen molar-refractivity contribution in [2.75, 3.05) is 13.1 Å². The summed E-state index contributed by atoms with van der Waals surface area (Å²) in [4.78, 5) is 84.3. The van der Waals surface area contributed by atoms with Gasteiger partial charge in [-0.2, -0.15) is 0 Å². The van der Waals surface area contributed by atoms with Gasteiger partial charge in [0.05, 0.1) is 18.5 Å². The van der Waals surface area contributed by atoms with E-state index in [1.165, 1.54) is 18.3 Å². The number of hydrogen-bond acceptors (Lipinski definition) is 7. The molecule has 11 N–H and O–H groups in total. The van der Waals surface area contributed by atoms with Crippen molar-refractivity contribution in [2.45, 2.75) is 63.7 Å². The molecule has 45 heavy (non-hydrogen) atoms. The van der Waals surface area contributed by atoms with Crippen LogP contribution in [0, 0.1) is 11.7 Å². The van der Waals surface area contributed by atoms with Crippen molar-refractivity contribution in [3.05, 3.63) is 35.8 Å². The van der Waals surface area contributed by atoms with Crippen LogP contribution >= 0.6 is 0 Å². The average Bonchev–Trinajstić information content (AvgIpc) is 3.38. The molecule has 5 amide bonds. The predicted octanol–water partition coefficient (Wildman–Crippen LogP) is -1.90. The number of guanidine groups is 1. The van der Waals surface area contributed by atoms with Gasteiger partial charge in [-0.1, -0.05) is 26.0 Å². The fraction of sp³-hybridized carbons (Fsp3) is 0.464. The highest BCUT2D eigenvalue weighted by Crippen LogP contribution is 2.22. The second kappa shape index (κ2) is 15.5. The number of H-pyrrole nitrogens is 1. The molecule has 0 unspecified atom stereocenters. The molecule has 0 radical (unpaired) electrons. The van der Waals surface area contributed by atoms with Gasteiger partial charge in [0.15, 0.2) is 5.96 Å². The van der Waals surface area contributed by atoms with Crippen LogP contribution in [0.5, 0.6) is 0 Å². The SMILES string of the molecule is CC(C)[C@@H]1NC(=O)[C@@H](Cc2c[nH]c3c(F)cccc23)NC(=O)[C@H](CC(=O)O)NC(=O)CNC(=O)[C@H](CCCN=C(N)N)NC1=O. The summed E-state index contributed by atoms with van der Waals surface area (Å²) in [6.07, 6.45) is 0.786. The number of aliphatic carboxylic acids is 1. The predicted molar refractivity (Wildman–Crippen MR) is 160 cm³/mol. The number of aromatic amines is 1. The molecule has 0 spiro atoms. The standard InChI is InChI=1S/C28H38FN9O7/c1-13(2)22-27(45)36-17(7-4-8-32-28(30)31)24(42)34-12-20(39)35-19(10-21(40)41)25(43)37-18(26(44)38-22)9-14-11-33-23-15(14)5-3-6-16(23)29/h3,5-6,11,13,17-19,22,33H,4,7-10,12H2,1-2H3,(H,34,42)(H,35,39)(H,36,45)(H,37,43)(H,38,44)(H,40,41)(H4,30,31,32)/t17-,18+,19-,22-/m0/s1. The Morgan fingerprint density at radius 2 is 1.67 bits per heavy atom. The van der Waals surface area contributed by atoms with Crippen molar-refractivity contribution in [3.63, 3.8) is 0 Å². The summed E-state index contributed by atoms with van der Waals surface area (Å²) in [7, 11) is 0. The molecular formula is C28H38FN9O7. The number of halogens is 1. The number of nitrogens with zero attached hydrogens (tertiary/aromatic N) is 1. The highest BCUT2D eigenvalue weighted by atomic mass is 19.1. The van der Waals surface area contributed by atoms with Crippen molar-refractivity contribution >= 4 is 52.4 Å². The first-order chi connectivity index (χ1) is 21.3. The lowest BCUT2D eigenvalue weighted by Crippen LogP contribution is -2.59. The number of carbonyl (C=O) groups excluding carboxylic acids is 5. The number of benzene rings is 1. The number of aromatic nitrogens is 1. The molecule has 17 heteroatoms. The van der Waals surface area contributed by atoms with E-state index in [-0.39, 0.29) is 37.3 Å². The van der Waals surface area contributed by atoms with Gasteiger partial charge < -0.3 is 48.1 Å². The van der Waals surface area contributed by atoms with Gasteiger partial charge in [0.25, 0.3) is 0 Å². The van der Waals surface area contributed by atoms with Crippen LogP contribution in [0.25, 0.3) is 10.9 Å². The number of hydrogen-bond donors (Lipinski definition) is 9. The van der Waals surface area contributed by atoms with E-state index in [1.54, 1.807) is 19.9 Å². The Hall–Kier alpha value is -5.22. The number of fused-ring (bicyclic) bond motifs is 1. The third kappa shape index (κ3) is 9.64. The maximum atomic E-state index is 14.3. The molecule has 1 fully saturated rings. The maximum Gasteiger partial charge on any atom is 0.305 e. The third-order valence-electron chi connectivity index (χ3n) is 7.09. The van der Waals surface area contributed by atoms with Crippen LogP contribution in [-0.2, 0) is 35.2 Å². The van der Waals surface area contributed by atoms with E-state index in [2.05, 4.69) is 36.6 Å². The Morgan fingerprint density at radius 3 is 2.33 bits per heavy atom. The first-order valence-corrected chi connectivity index (χ1v) is 14.3. The van der Waals surface area contributed by atoms with E-state index in [9.17, 15) is 38.3 Å². The van der Waals surface area contributed by atoms with E-state index in [0.29, 0.717) is 10.9 Å². The van der Waals surface area contributed by atoms with Gasteiger partial charge in [0.1, 0.15) is 30.0 Å². The molecular weight excluding hydrogens is 593 g/mol. The summed E-state index contributed by atoms with van der Waals surface area (Å²) in [6.45, 7) is 2.83. The Labute approximate surface area is 257 Å². The first-order valence-electron chi connectivity index (χ1n) is 14.3. The summed E-state index contributed by atoms with van der Waals surface area (Å²) < 4.78 is 14.3. The Balaban J connectivity index is 1.98. The molecule has 16 nitrogen and oxygen atoms in total. The second-order valence-electron chi connectivity index (χ2n) is 10.9. The summed E-state index contributed by atoms with van der Waals surface area (Å²) in [5.74, 6) is -6.75. The van der Waals surface area contributed by atoms with Crippen LogP contribution in [0.3, 0.4) is 0 Å². The van der Waals surface area contributed by atoms with Gasteiger partial charge >= 0.3 is 5.97 Å². The molecule has 1 aliphatic rings. The fourth-order valence-corrected chi connectivity index (χ4v) is 4.79. The number of carboxylic acid groups (broad SMARTS) is 1. The van der Waals surface area contributed by atoms with Crippen LogP contribution in [0.15, 0.2) is 29.4 Å². The summed E-state index contributed by atoms with van der Waals surface area (Å²) in [5, 5.41) is 22.2. The molecule has 2 aromatic rings. The van der Waals surface area contributed by atoms with Crippen molar-refractivity contribution in [1.82, 2.24) is 31.6 Å². The molecule has 1 aromatic heterocycles. The summed E-state index contributed by atoms with van der Waals surface area (Å²) >= 11 is 0. The largest absolute Gasteiger partial charge is 0.481 e. The van der Waals surface area contributed by atoms with Crippen LogP contribution in [-0.4, -0.2) is 88.8 Å². The lowest BCUT2D eigenvalue weighted by molar-refractivity contribution is -0.141. The smallest absolute Gasteiger partial charge is 0.305 e. The molecule has 0 saturated carbocycles. The number of rotatable bonds is 9. The Morgan fingerprint density at radius 1 is 0.978 bits per heavy atom. The monoisotopic (exact) mass is 631 g/mol. The lowest BCUT2D eigenvalue weighted by atomic mass is 9.99. The van der Waals surface area contributed by atoms with E-state index >= 15 is 0 Å². The van der Waals surface area contributed by atoms with Crippen molar-refractivity contribution in [2.24, 2.45) is 22.4 Å². The number of amides is 5. The third-order valence-corrected chi connectivity index (χ3v) is 7.09. The minimum atomic E-state index is -1.62. The Kier molecular flexibility index (Phi) is 11.8. The topological polar surface area (TPSA) is 263 Å².